The van der Waals surface area contributed by atoms with E-state index >= 15 is 0 Å². The summed E-state index contributed by atoms with van der Waals surface area (Å²) in [6.45, 7) is 5.42. The number of ether oxygens (including phenoxy) is 2. The molecule has 9 heteroatoms. The summed E-state index contributed by atoms with van der Waals surface area (Å²) in [5.41, 5.74) is 1.97. The summed E-state index contributed by atoms with van der Waals surface area (Å²) in [6, 6.07) is 16.5. The number of nitrogens with one attached hydrogen (secondary N) is 1. The van der Waals surface area contributed by atoms with E-state index in [-0.39, 0.29) is 6.04 Å². The van der Waals surface area contributed by atoms with Crippen LogP contribution in [0.5, 0.6) is 5.88 Å². The first-order valence-electron chi connectivity index (χ1n) is 11.4. The molecule has 0 aliphatic heterocycles. The monoisotopic (exact) mass is 484 g/mol. The lowest BCUT2D eigenvalue weighted by Gasteiger charge is -2.33. The summed E-state index contributed by atoms with van der Waals surface area (Å²) in [6.07, 6.45) is 8.19. The number of hydrogen-bond acceptors (Lipinski definition) is 8. The number of pyridine rings is 4. The van der Waals surface area contributed by atoms with Crippen LogP contribution in [0.2, 0.25) is 0 Å². The molecule has 184 valence electrons. The van der Waals surface area contributed by atoms with Crippen molar-refractivity contribution in [1.82, 2.24) is 19.9 Å². The van der Waals surface area contributed by atoms with Gasteiger partial charge in [-0.3, -0.25) is 15.3 Å². The van der Waals surface area contributed by atoms with Gasteiger partial charge >= 0.3 is 6.09 Å². The van der Waals surface area contributed by atoms with Gasteiger partial charge in [0.25, 0.3) is 0 Å². The zero-order chi connectivity index (χ0) is 25.5. The number of carbonyl (C=O) groups is 1. The molecular formula is C27H28N6O3. The SMILES string of the molecule is COc1ccc(C(c2cccnc2)N(c2cccnc2)c2cccc(NC(=O)OC(C)(C)C)n2)cn1. The molecule has 9 nitrogen and oxygen atoms in total. The zero-order valence-electron chi connectivity index (χ0n) is 20.6. The maximum absolute atomic E-state index is 12.4. The molecule has 0 fully saturated rings. The van der Waals surface area contributed by atoms with Crippen LogP contribution in [0.4, 0.5) is 22.1 Å². The molecule has 0 bridgehead atoms. The van der Waals surface area contributed by atoms with Crippen molar-refractivity contribution in [2.24, 2.45) is 0 Å². The van der Waals surface area contributed by atoms with Gasteiger partial charge in [-0.15, -0.1) is 0 Å². The number of nitrogens with zero attached hydrogens (tertiary/aromatic N) is 5. The summed E-state index contributed by atoms with van der Waals surface area (Å²) in [4.78, 5) is 32.3. The standard InChI is InChI=1S/C27H28N6O3/c1-27(2,3)36-26(34)32-22-10-5-11-23(31-22)33(21-9-7-15-29-18-21)25(19-8-6-14-28-16-19)20-12-13-24(35-4)30-17-20/h5-18,25H,1-4H3,(H,31,32,34). The van der Waals surface area contributed by atoms with E-state index in [0.717, 1.165) is 16.8 Å². The van der Waals surface area contributed by atoms with Crippen LogP contribution in [0.3, 0.4) is 0 Å². The average Bonchev–Trinajstić information content (AvgIpc) is 2.87. The van der Waals surface area contributed by atoms with Crippen molar-refractivity contribution < 1.29 is 14.3 Å². The minimum atomic E-state index is -0.629. The molecule has 4 aromatic heterocycles. The molecule has 0 spiro atoms. The number of anilines is 3. The fourth-order valence-electron chi connectivity index (χ4n) is 3.65. The normalized spacial score (nSPS) is 11.9. The van der Waals surface area contributed by atoms with Crippen molar-refractivity contribution in [3.05, 3.63) is 96.7 Å². The second-order valence-electron chi connectivity index (χ2n) is 8.91. The van der Waals surface area contributed by atoms with Crippen LogP contribution >= 0.6 is 0 Å². The predicted molar refractivity (Wildman–Crippen MR) is 137 cm³/mol. The fraction of sp³-hybridized carbons (Fsp3) is 0.222. The van der Waals surface area contributed by atoms with Gasteiger partial charge in [0.05, 0.1) is 25.0 Å². The summed E-state index contributed by atoms with van der Waals surface area (Å²) < 4.78 is 10.7. The first kappa shape index (κ1) is 24.6. The summed E-state index contributed by atoms with van der Waals surface area (Å²) in [5.74, 6) is 1.45. The molecule has 0 aromatic carbocycles. The average molecular weight is 485 g/mol. The molecule has 4 rings (SSSR count). The van der Waals surface area contributed by atoms with Gasteiger partial charge in [0.2, 0.25) is 5.88 Å². The Morgan fingerprint density at radius 2 is 1.67 bits per heavy atom. The highest BCUT2D eigenvalue weighted by atomic mass is 16.6. The van der Waals surface area contributed by atoms with E-state index in [1.165, 1.54) is 0 Å². The van der Waals surface area contributed by atoms with Crippen LogP contribution in [-0.4, -0.2) is 38.7 Å². The topological polar surface area (TPSA) is 102 Å². The molecule has 0 saturated heterocycles. The Balaban J connectivity index is 1.81. The van der Waals surface area contributed by atoms with Crippen LogP contribution < -0.4 is 15.0 Å². The second kappa shape index (κ2) is 10.8. The highest BCUT2D eigenvalue weighted by molar-refractivity contribution is 5.84. The van der Waals surface area contributed by atoms with E-state index in [9.17, 15) is 4.79 Å². The van der Waals surface area contributed by atoms with Gasteiger partial charge in [0.1, 0.15) is 17.2 Å². The number of methoxy groups -OCH3 is 1. The molecule has 1 amide bonds. The molecular weight excluding hydrogens is 456 g/mol. The number of amides is 1. The van der Waals surface area contributed by atoms with E-state index in [1.54, 1.807) is 44.2 Å². The minimum absolute atomic E-state index is 0.355. The molecule has 1 unspecified atom stereocenters. The molecule has 4 aromatic rings. The number of rotatable bonds is 7. The van der Waals surface area contributed by atoms with Crippen molar-refractivity contribution in [3.8, 4) is 5.88 Å². The lowest BCUT2D eigenvalue weighted by atomic mass is 9.99. The first-order chi connectivity index (χ1) is 17.3. The second-order valence-corrected chi connectivity index (χ2v) is 8.91. The van der Waals surface area contributed by atoms with Crippen LogP contribution in [0.15, 0.2) is 85.6 Å². The Hall–Kier alpha value is -4.53. The maximum atomic E-state index is 12.4. The van der Waals surface area contributed by atoms with Gasteiger partial charge in [-0.2, -0.15) is 0 Å². The highest BCUT2D eigenvalue weighted by Crippen LogP contribution is 2.38. The highest BCUT2D eigenvalue weighted by Gasteiger charge is 2.27. The third-order valence-electron chi connectivity index (χ3n) is 5.08. The number of hydrogen-bond donors (Lipinski definition) is 1. The van der Waals surface area contributed by atoms with Gasteiger partial charge in [-0.1, -0.05) is 12.1 Å². The van der Waals surface area contributed by atoms with Crippen molar-refractivity contribution in [2.75, 3.05) is 17.3 Å². The van der Waals surface area contributed by atoms with E-state index in [0.29, 0.717) is 17.5 Å². The Bertz CT molecular complexity index is 1280. The summed E-state index contributed by atoms with van der Waals surface area (Å²) in [7, 11) is 1.58. The Morgan fingerprint density at radius 3 is 2.28 bits per heavy atom. The summed E-state index contributed by atoms with van der Waals surface area (Å²) >= 11 is 0. The Labute approximate surface area is 210 Å². The molecule has 0 radical (unpaired) electrons. The Kier molecular flexibility index (Phi) is 7.39. The van der Waals surface area contributed by atoms with E-state index in [1.807, 2.05) is 74.2 Å². The first-order valence-corrected chi connectivity index (χ1v) is 11.4. The van der Waals surface area contributed by atoms with E-state index < -0.39 is 11.7 Å². The van der Waals surface area contributed by atoms with Crippen molar-refractivity contribution in [1.29, 1.82) is 0 Å². The van der Waals surface area contributed by atoms with Crippen LogP contribution in [0.1, 0.15) is 37.9 Å². The lowest BCUT2D eigenvalue weighted by Crippen LogP contribution is -2.28. The van der Waals surface area contributed by atoms with Gasteiger partial charge in [-0.05, 0) is 68.3 Å². The fourth-order valence-corrected chi connectivity index (χ4v) is 3.65. The van der Waals surface area contributed by atoms with Crippen LogP contribution in [-0.2, 0) is 4.74 Å². The zero-order valence-corrected chi connectivity index (χ0v) is 20.6. The van der Waals surface area contributed by atoms with Crippen LogP contribution in [0.25, 0.3) is 0 Å². The van der Waals surface area contributed by atoms with Gasteiger partial charge < -0.3 is 14.4 Å². The quantitative estimate of drug-likeness (QED) is 0.364. The third-order valence-corrected chi connectivity index (χ3v) is 5.08. The number of aromatic nitrogens is 4. The smallest absolute Gasteiger partial charge is 0.413 e. The van der Waals surface area contributed by atoms with Crippen molar-refractivity contribution in [2.45, 2.75) is 32.4 Å². The van der Waals surface area contributed by atoms with E-state index in [4.69, 9.17) is 14.5 Å². The molecule has 0 aliphatic rings. The summed E-state index contributed by atoms with van der Waals surface area (Å²) in [5, 5.41) is 2.72. The molecule has 0 saturated carbocycles. The minimum Gasteiger partial charge on any atom is -0.481 e. The molecule has 1 atom stereocenters. The largest absolute Gasteiger partial charge is 0.481 e. The lowest BCUT2D eigenvalue weighted by molar-refractivity contribution is 0.0635. The van der Waals surface area contributed by atoms with Crippen molar-refractivity contribution >= 4 is 23.4 Å². The third kappa shape index (κ3) is 6.12. The van der Waals surface area contributed by atoms with Gasteiger partial charge in [0.15, 0.2) is 0 Å². The number of carbonyl (C=O) groups excluding carboxylic acids is 1. The van der Waals surface area contributed by atoms with Crippen LogP contribution in [0, 0.1) is 0 Å². The van der Waals surface area contributed by atoms with Gasteiger partial charge in [-0.25, -0.2) is 14.8 Å². The molecule has 4 heterocycles. The predicted octanol–water partition coefficient (Wildman–Crippen LogP) is 5.55. The van der Waals surface area contributed by atoms with Crippen molar-refractivity contribution in [3.63, 3.8) is 0 Å². The molecule has 1 N–H and O–H groups in total. The molecule has 36 heavy (non-hydrogen) atoms. The Morgan fingerprint density at radius 1 is 0.917 bits per heavy atom. The molecule has 0 aliphatic carbocycles. The van der Waals surface area contributed by atoms with Gasteiger partial charge in [0, 0.05) is 30.9 Å². The maximum Gasteiger partial charge on any atom is 0.413 e. The van der Waals surface area contributed by atoms with E-state index in [2.05, 4.69) is 20.3 Å².